The van der Waals surface area contributed by atoms with Crippen LogP contribution in [0.15, 0.2) is 18.2 Å². The van der Waals surface area contributed by atoms with Gasteiger partial charge in [-0.3, -0.25) is 9.59 Å². The number of primary amides is 1. The summed E-state index contributed by atoms with van der Waals surface area (Å²) in [6.45, 7) is 5.18. The van der Waals surface area contributed by atoms with Gasteiger partial charge in [0.25, 0.3) is 5.91 Å². The van der Waals surface area contributed by atoms with E-state index in [9.17, 15) is 9.59 Å². The predicted octanol–water partition coefficient (Wildman–Crippen LogP) is 0.942. The van der Waals surface area contributed by atoms with Gasteiger partial charge in [-0.2, -0.15) is 0 Å². The molecule has 0 unspecified atom stereocenters. The molecule has 6 N–H and O–H groups in total. The van der Waals surface area contributed by atoms with Crippen molar-refractivity contribution in [2.75, 3.05) is 24.1 Å². The first-order valence-corrected chi connectivity index (χ1v) is 6.60. The van der Waals surface area contributed by atoms with Gasteiger partial charge in [0.05, 0.1) is 16.9 Å². The Kier molecular flexibility index (Phi) is 5.83. The predicted molar refractivity (Wildman–Crippen MR) is 80.3 cm³/mol. The van der Waals surface area contributed by atoms with Crippen molar-refractivity contribution in [2.45, 2.75) is 20.3 Å². The zero-order valence-corrected chi connectivity index (χ0v) is 11.9. The number of anilines is 2. The Morgan fingerprint density at radius 2 is 2.00 bits per heavy atom. The molecule has 0 spiro atoms. The van der Waals surface area contributed by atoms with Crippen molar-refractivity contribution >= 4 is 23.2 Å². The van der Waals surface area contributed by atoms with E-state index >= 15 is 0 Å². The second-order valence-corrected chi connectivity index (χ2v) is 5.01. The van der Waals surface area contributed by atoms with Crippen molar-refractivity contribution in [3.05, 3.63) is 23.8 Å². The summed E-state index contributed by atoms with van der Waals surface area (Å²) in [5, 5.41) is 5.86. The maximum Gasteiger partial charge on any atom is 0.250 e. The minimum atomic E-state index is -0.569. The Bertz CT molecular complexity index is 486. The van der Waals surface area contributed by atoms with E-state index in [4.69, 9.17) is 11.5 Å². The average Bonchev–Trinajstić information content (AvgIpc) is 2.38. The topological polar surface area (TPSA) is 110 Å². The lowest BCUT2D eigenvalue weighted by atomic mass is 10.1. The molecule has 20 heavy (non-hydrogen) atoms. The maximum atomic E-state index is 11.5. The van der Waals surface area contributed by atoms with Crippen LogP contribution in [0.1, 0.15) is 30.6 Å². The summed E-state index contributed by atoms with van der Waals surface area (Å²) >= 11 is 0. The molecule has 0 aliphatic heterocycles. The number of nitrogens with one attached hydrogen (secondary N) is 2. The van der Waals surface area contributed by atoms with Crippen LogP contribution in [0.3, 0.4) is 0 Å². The molecule has 0 saturated heterocycles. The molecule has 1 rings (SSSR count). The second kappa shape index (κ2) is 7.37. The summed E-state index contributed by atoms with van der Waals surface area (Å²) in [6, 6.07) is 5.00. The van der Waals surface area contributed by atoms with Gasteiger partial charge in [-0.25, -0.2) is 0 Å². The minimum Gasteiger partial charge on any atom is -0.396 e. The number of benzene rings is 1. The number of carbonyl (C=O) groups is 2. The van der Waals surface area contributed by atoms with Gasteiger partial charge in [0.2, 0.25) is 5.91 Å². The van der Waals surface area contributed by atoms with Crippen LogP contribution < -0.4 is 22.1 Å². The zero-order chi connectivity index (χ0) is 15.1. The van der Waals surface area contributed by atoms with E-state index in [-0.39, 0.29) is 11.5 Å². The second-order valence-electron chi connectivity index (χ2n) is 5.01. The van der Waals surface area contributed by atoms with Gasteiger partial charge in [-0.15, -0.1) is 0 Å². The highest BCUT2D eigenvalue weighted by Crippen LogP contribution is 2.22. The van der Waals surface area contributed by atoms with E-state index in [2.05, 4.69) is 10.6 Å². The molecular weight excluding hydrogens is 256 g/mol. The summed E-state index contributed by atoms with van der Waals surface area (Å²) in [5.41, 5.74) is 12.2. The Labute approximate surface area is 118 Å². The van der Waals surface area contributed by atoms with E-state index < -0.39 is 5.91 Å². The summed E-state index contributed by atoms with van der Waals surface area (Å²) in [5.74, 6) is -0.161. The van der Waals surface area contributed by atoms with Crippen LogP contribution in [0.4, 0.5) is 11.4 Å². The SMILES string of the molecule is CC(C)CNC(=O)CCNc1cccc(C(N)=O)c1N. The van der Waals surface area contributed by atoms with Gasteiger partial charge < -0.3 is 22.1 Å². The number of para-hydroxylation sites is 1. The Morgan fingerprint density at radius 3 is 2.60 bits per heavy atom. The number of hydrogen-bond acceptors (Lipinski definition) is 4. The normalized spacial score (nSPS) is 10.3. The fourth-order valence-corrected chi connectivity index (χ4v) is 1.65. The number of rotatable bonds is 7. The molecule has 6 heteroatoms. The minimum absolute atomic E-state index is 0.0178. The van der Waals surface area contributed by atoms with Crippen LogP contribution in [0, 0.1) is 5.92 Å². The highest BCUT2D eigenvalue weighted by molar-refractivity contribution is 6.00. The summed E-state index contributed by atoms with van der Waals surface area (Å²) in [4.78, 5) is 22.7. The van der Waals surface area contributed by atoms with Crippen molar-refractivity contribution in [3.63, 3.8) is 0 Å². The quantitative estimate of drug-likeness (QED) is 0.556. The number of nitrogen functional groups attached to an aromatic ring is 1. The molecule has 6 nitrogen and oxygen atoms in total. The molecule has 2 amide bonds. The van der Waals surface area contributed by atoms with Crippen LogP contribution in [0.25, 0.3) is 0 Å². The number of carbonyl (C=O) groups excluding carboxylic acids is 2. The summed E-state index contributed by atoms with van der Waals surface area (Å²) < 4.78 is 0. The third kappa shape index (κ3) is 4.79. The van der Waals surface area contributed by atoms with Crippen LogP contribution in [-0.2, 0) is 4.79 Å². The average molecular weight is 278 g/mol. The van der Waals surface area contributed by atoms with E-state index in [0.29, 0.717) is 36.8 Å². The lowest BCUT2D eigenvalue weighted by molar-refractivity contribution is -0.120. The van der Waals surface area contributed by atoms with Crippen LogP contribution in [-0.4, -0.2) is 24.9 Å². The highest BCUT2D eigenvalue weighted by atomic mass is 16.1. The third-order valence-electron chi connectivity index (χ3n) is 2.75. The molecule has 0 fully saturated rings. The number of nitrogens with two attached hydrogens (primary N) is 2. The lowest BCUT2D eigenvalue weighted by Gasteiger charge is -2.12. The molecule has 1 aromatic carbocycles. The first kappa shape index (κ1) is 15.8. The van der Waals surface area contributed by atoms with Crippen LogP contribution in [0.5, 0.6) is 0 Å². The first-order valence-electron chi connectivity index (χ1n) is 6.60. The Balaban J connectivity index is 2.48. The van der Waals surface area contributed by atoms with E-state index in [1.807, 2.05) is 13.8 Å². The van der Waals surface area contributed by atoms with Crippen molar-refractivity contribution < 1.29 is 9.59 Å². The molecule has 0 radical (unpaired) electrons. The number of amides is 2. The standard InChI is InChI=1S/C14H22N4O2/c1-9(2)8-18-12(19)6-7-17-11-5-3-4-10(13(11)15)14(16)20/h3-5,9,17H,6-8,15H2,1-2H3,(H2,16,20)(H,18,19). The highest BCUT2D eigenvalue weighted by Gasteiger charge is 2.09. The molecule has 0 aromatic heterocycles. The molecule has 110 valence electrons. The molecule has 1 aromatic rings. The number of hydrogen-bond donors (Lipinski definition) is 4. The molecule has 0 aliphatic rings. The van der Waals surface area contributed by atoms with E-state index in [1.54, 1.807) is 18.2 Å². The van der Waals surface area contributed by atoms with Gasteiger partial charge in [0.15, 0.2) is 0 Å². The van der Waals surface area contributed by atoms with E-state index in [1.165, 1.54) is 0 Å². The summed E-state index contributed by atoms with van der Waals surface area (Å²) in [6.07, 6.45) is 0.340. The van der Waals surface area contributed by atoms with Gasteiger partial charge in [0, 0.05) is 19.5 Å². The molecule has 0 saturated carbocycles. The molecule has 0 heterocycles. The Morgan fingerprint density at radius 1 is 1.30 bits per heavy atom. The van der Waals surface area contributed by atoms with Gasteiger partial charge in [0.1, 0.15) is 0 Å². The molecule has 0 atom stereocenters. The smallest absolute Gasteiger partial charge is 0.250 e. The van der Waals surface area contributed by atoms with Gasteiger partial charge >= 0.3 is 0 Å². The van der Waals surface area contributed by atoms with Gasteiger partial charge in [-0.1, -0.05) is 19.9 Å². The lowest BCUT2D eigenvalue weighted by Crippen LogP contribution is -2.28. The largest absolute Gasteiger partial charge is 0.396 e. The van der Waals surface area contributed by atoms with Crippen LogP contribution >= 0.6 is 0 Å². The van der Waals surface area contributed by atoms with Crippen molar-refractivity contribution in [1.82, 2.24) is 5.32 Å². The monoisotopic (exact) mass is 278 g/mol. The fourth-order valence-electron chi connectivity index (χ4n) is 1.65. The zero-order valence-electron chi connectivity index (χ0n) is 11.9. The van der Waals surface area contributed by atoms with Crippen LogP contribution in [0.2, 0.25) is 0 Å². The third-order valence-corrected chi connectivity index (χ3v) is 2.75. The fraction of sp³-hybridized carbons (Fsp3) is 0.429. The van der Waals surface area contributed by atoms with E-state index in [0.717, 1.165) is 0 Å². The first-order chi connectivity index (χ1) is 9.41. The van der Waals surface area contributed by atoms with Crippen molar-refractivity contribution in [2.24, 2.45) is 11.7 Å². The molecule has 0 bridgehead atoms. The maximum absolute atomic E-state index is 11.5. The molecule has 0 aliphatic carbocycles. The van der Waals surface area contributed by atoms with Crippen molar-refractivity contribution in [1.29, 1.82) is 0 Å². The molecular formula is C14H22N4O2. The summed E-state index contributed by atoms with van der Waals surface area (Å²) in [7, 11) is 0. The van der Waals surface area contributed by atoms with Gasteiger partial charge in [-0.05, 0) is 18.1 Å². The van der Waals surface area contributed by atoms with Crippen molar-refractivity contribution in [3.8, 4) is 0 Å². The Hall–Kier alpha value is -2.24.